The predicted octanol–water partition coefficient (Wildman–Crippen LogP) is 0.187. The van der Waals surface area contributed by atoms with E-state index in [1.807, 2.05) is 13.8 Å². The molecule has 0 aliphatic heterocycles. The van der Waals surface area contributed by atoms with Gasteiger partial charge in [0.1, 0.15) is 5.84 Å². The molecule has 0 bridgehead atoms. The molecule has 0 aromatic rings. The molecule has 0 aliphatic rings. The lowest BCUT2D eigenvalue weighted by molar-refractivity contribution is 0.249. The molecule has 0 fully saturated rings. The van der Waals surface area contributed by atoms with Crippen LogP contribution in [0.4, 0.5) is 4.79 Å². The summed E-state index contributed by atoms with van der Waals surface area (Å²) in [5.41, 5.74) is 10.2. The molecule has 0 radical (unpaired) electrons. The van der Waals surface area contributed by atoms with Gasteiger partial charge in [0.15, 0.2) is 0 Å². The number of amidine groups is 1. The molecular formula is C11H25N5O2. The van der Waals surface area contributed by atoms with Crippen LogP contribution >= 0.6 is 0 Å². The maximum atomic E-state index is 10.4. The highest BCUT2D eigenvalue weighted by Crippen LogP contribution is 2.22. The molecule has 2 amide bonds. The maximum Gasteiger partial charge on any atom is 0.312 e. The molecule has 0 aromatic carbocycles. The number of urea groups is 1. The number of nitrogens with zero attached hydrogens (tertiary/aromatic N) is 1. The van der Waals surface area contributed by atoms with Gasteiger partial charge in [0, 0.05) is 18.5 Å². The van der Waals surface area contributed by atoms with Crippen LogP contribution in [-0.4, -0.2) is 36.7 Å². The lowest BCUT2D eigenvalue weighted by Gasteiger charge is -2.22. The number of unbranched alkanes of at least 4 members (excludes halogenated alkanes) is 1. The number of hydrogen-bond acceptors (Lipinski definition) is 4. The molecule has 7 N–H and O–H groups in total. The van der Waals surface area contributed by atoms with Crippen LogP contribution in [0.3, 0.4) is 0 Å². The molecule has 0 spiro atoms. The smallest absolute Gasteiger partial charge is 0.312 e. The normalized spacial score (nSPS) is 12.4. The summed E-state index contributed by atoms with van der Waals surface area (Å²) in [7, 11) is 0. The van der Waals surface area contributed by atoms with Crippen molar-refractivity contribution in [3.8, 4) is 0 Å². The molecular weight excluding hydrogens is 234 g/mol. The Balaban J connectivity index is 3.49. The minimum atomic E-state index is -0.502. The number of oxime groups is 1. The van der Waals surface area contributed by atoms with Crippen LogP contribution in [0.1, 0.15) is 33.1 Å². The van der Waals surface area contributed by atoms with Crippen molar-refractivity contribution in [3.05, 3.63) is 0 Å². The first-order valence-electron chi connectivity index (χ1n) is 6.12. The van der Waals surface area contributed by atoms with E-state index < -0.39 is 6.03 Å². The van der Waals surface area contributed by atoms with Gasteiger partial charge in [-0.15, -0.1) is 0 Å². The molecule has 0 rings (SSSR count). The summed E-state index contributed by atoms with van der Waals surface area (Å²) in [6.45, 7) is 6.00. The van der Waals surface area contributed by atoms with E-state index in [9.17, 15) is 4.79 Å². The van der Waals surface area contributed by atoms with Crippen molar-refractivity contribution < 1.29 is 10.0 Å². The lowest BCUT2D eigenvalue weighted by Crippen LogP contribution is -2.35. The van der Waals surface area contributed by atoms with Crippen LogP contribution < -0.4 is 22.1 Å². The second-order valence-electron chi connectivity index (χ2n) is 4.87. The minimum Gasteiger partial charge on any atom is -0.409 e. The average Bonchev–Trinajstić information content (AvgIpc) is 2.30. The molecule has 0 saturated heterocycles. The Morgan fingerprint density at radius 3 is 2.44 bits per heavy atom. The zero-order valence-electron chi connectivity index (χ0n) is 11.2. The summed E-state index contributed by atoms with van der Waals surface area (Å²) >= 11 is 0. The Morgan fingerprint density at radius 1 is 1.22 bits per heavy atom. The monoisotopic (exact) mass is 259 g/mol. The van der Waals surface area contributed by atoms with Crippen LogP contribution in [0.15, 0.2) is 5.16 Å². The molecule has 0 atom stereocenters. The van der Waals surface area contributed by atoms with Crippen molar-refractivity contribution in [1.82, 2.24) is 10.6 Å². The van der Waals surface area contributed by atoms with E-state index in [2.05, 4.69) is 15.8 Å². The number of rotatable bonds is 9. The van der Waals surface area contributed by atoms with Gasteiger partial charge in [-0.1, -0.05) is 25.4 Å². The number of nitrogens with two attached hydrogens (primary N) is 2. The first-order chi connectivity index (χ1) is 8.40. The molecule has 7 nitrogen and oxygen atoms in total. The Kier molecular flexibility index (Phi) is 7.86. The molecule has 18 heavy (non-hydrogen) atoms. The first-order valence-corrected chi connectivity index (χ1v) is 6.12. The fraction of sp³-hybridized carbons (Fsp3) is 0.818. The Hall–Kier alpha value is -1.50. The fourth-order valence-corrected chi connectivity index (χ4v) is 1.48. The summed E-state index contributed by atoms with van der Waals surface area (Å²) < 4.78 is 0. The molecule has 0 saturated carbocycles. The number of carbonyl (C=O) groups excluding carboxylic acids is 1. The number of hydrogen-bond donors (Lipinski definition) is 5. The van der Waals surface area contributed by atoms with Crippen molar-refractivity contribution in [2.75, 3.05) is 19.6 Å². The lowest BCUT2D eigenvalue weighted by atomic mass is 9.86. The van der Waals surface area contributed by atoms with E-state index in [1.54, 1.807) is 0 Å². The number of carbonyl (C=O) groups is 1. The molecule has 0 unspecified atom stereocenters. The summed E-state index contributed by atoms with van der Waals surface area (Å²) in [6, 6.07) is -0.502. The zero-order valence-corrected chi connectivity index (χ0v) is 11.2. The molecule has 0 heterocycles. The van der Waals surface area contributed by atoms with Gasteiger partial charge in [0.05, 0.1) is 0 Å². The topological polar surface area (TPSA) is 126 Å². The Bertz CT molecular complexity index is 279. The van der Waals surface area contributed by atoms with Crippen molar-refractivity contribution in [1.29, 1.82) is 0 Å². The van der Waals surface area contributed by atoms with Gasteiger partial charge in [-0.25, -0.2) is 4.79 Å². The standard InChI is InChI=1S/C11H25N5O2/c1-11(2,9(12)16-18)5-3-4-6-14-7-8-15-10(13)17/h14,18H,3-8H2,1-2H3,(H2,12,16)(H3,13,15,17). The molecule has 0 aromatic heterocycles. The number of primary amides is 1. The summed E-state index contributed by atoms with van der Waals surface area (Å²) in [6.07, 6.45) is 2.85. The first kappa shape index (κ1) is 16.5. The number of nitrogens with one attached hydrogen (secondary N) is 2. The number of amides is 2. The highest BCUT2D eigenvalue weighted by molar-refractivity contribution is 5.85. The average molecular weight is 259 g/mol. The van der Waals surface area contributed by atoms with Crippen LogP contribution in [0.25, 0.3) is 0 Å². The third kappa shape index (κ3) is 7.72. The minimum absolute atomic E-state index is 0.265. The second kappa shape index (κ2) is 8.57. The van der Waals surface area contributed by atoms with E-state index >= 15 is 0 Å². The van der Waals surface area contributed by atoms with Crippen molar-refractivity contribution >= 4 is 11.9 Å². The van der Waals surface area contributed by atoms with Gasteiger partial charge in [0.25, 0.3) is 0 Å². The summed E-state index contributed by atoms with van der Waals surface area (Å²) in [5, 5.41) is 17.4. The third-order valence-corrected chi connectivity index (χ3v) is 2.81. The molecule has 7 heteroatoms. The van der Waals surface area contributed by atoms with Gasteiger partial charge in [-0.05, 0) is 19.4 Å². The van der Waals surface area contributed by atoms with E-state index in [1.165, 1.54) is 0 Å². The largest absolute Gasteiger partial charge is 0.409 e. The van der Waals surface area contributed by atoms with E-state index in [0.29, 0.717) is 13.1 Å². The van der Waals surface area contributed by atoms with Gasteiger partial charge < -0.3 is 27.3 Å². The molecule has 0 aliphatic carbocycles. The molecule has 106 valence electrons. The van der Waals surface area contributed by atoms with Crippen molar-refractivity contribution in [2.45, 2.75) is 33.1 Å². The zero-order chi connectivity index (χ0) is 14.0. The fourth-order valence-electron chi connectivity index (χ4n) is 1.48. The highest BCUT2D eigenvalue weighted by atomic mass is 16.4. The van der Waals surface area contributed by atoms with Crippen LogP contribution in [0.2, 0.25) is 0 Å². The van der Waals surface area contributed by atoms with E-state index in [0.717, 1.165) is 25.8 Å². The van der Waals surface area contributed by atoms with E-state index in [4.69, 9.17) is 16.7 Å². The van der Waals surface area contributed by atoms with E-state index in [-0.39, 0.29) is 11.3 Å². The van der Waals surface area contributed by atoms with Crippen molar-refractivity contribution in [3.63, 3.8) is 0 Å². The summed E-state index contributed by atoms with van der Waals surface area (Å²) in [5.74, 6) is 0.265. The second-order valence-corrected chi connectivity index (χ2v) is 4.87. The van der Waals surface area contributed by atoms with Crippen molar-refractivity contribution in [2.24, 2.45) is 22.0 Å². The SMILES string of the molecule is CC(C)(CCCCNCCNC(N)=O)C(N)=NO. The quantitative estimate of drug-likeness (QED) is 0.133. The highest BCUT2D eigenvalue weighted by Gasteiger charge is 2.22. The van der Waals surface area contributed by atoms with Gasteiger partial charge >= 0.3 is 6.03 Å². The van der Waals surface area contributed by atoms with Gasteiger partial charge in [-0.3, -0.25) is 0 Å². The van der Waals surface area contributed by atoms with Crippen LogP contribution in [-0.2, 0) is 0 Å². The maximum absolute atomic E-state index is 10.4. The van der Waals surface area contributed by atoms with Crippen LogP contribution in [0.5, 0.6) is 0 Å². The van der Waals surface area contributed by atoms with Gasteiger partial charge in [-0.2, -0.15) is 0 Å². The Morgan fingerprint density at radius 2 is 1.89 bits per heavy atom. The summed E-state index contributed by atoms with van der Waals surface area (Å²) in [4.78, 5) is 10.4. The Labute approximate surface area is 108 Å². The van der Waals surface area contributed by atoms with Crippen LogP contribution in [0, 0.1) is 5.41 Å². The predicted molar refractivity (Wildman–Crippen MR) is 71.5 cm³/mol. The van der Waals surface area contributed by atoms with Gasteiger partial charge in [0.2, 0.25) is 0 Å². The third-order valence-electron chi connectivity index (χ3n) is 2.81.